The lowest BCUT2D eigenvalue weighted by Gasteiger charge is -2.03. The van der Waals surface area contributed by atoms with Crippen molar-refractivity contribution in [1.82, 2.24) is 0 Å². The molecule has 0 spiro atoms. The maximum absolute atomic E-state index is 10.2. The summed E-state index contributed by atoms with van der Waals surface area (Å²) >= 11 is 0. The van der Waals surface area contributed by atoms with Gasteiger partial charge in [0, 0.05) is 11.5 Å². The summed E-state index contributed by atoms with van der Waals surface area (Å²) in [5, 5.41) is 0. The Bertz CT molecular complexity index is 224. The van der Waals surface area contributed by atoms with Gasteiger partial charge >= 0.3 is 0 Å². The zero-order chi connectivity index (χ0) is 13.7. The third-order valence-electron chi connectivity index (χ3n) is 2.55. The second kappa shape index (κ2) is 12.9. The molecule has 1 unspecified atom stereocenters. The Hall–Kier alpha value is -1.12. The monoisotopic (exact) mass is 241 g/mol. The largest absolute Gasteiger partial charge is 0.366 e. The summed E-state index contributed by atoms with van der Waals surface area (Å²) in [5.74, 6) is -0.0585. The molecule has 0 aliphatic carbocycles. The van der Waals surface area contributed by atoms with Crippen molar-refractivity contribution < 1.29 is 9.59 Å². The van der Waals surface area contributed by atoms with E-state index in [2.05, 4.69) is 20.4 Å². The first-order chi connectivity index (χ1) is 8.03. The van der Waals surface area contributed by atoms with Gasteiger partial charge in [0.2, 0.25) is 5.91 Å². The smallest absolute Gasteiger partial charge is 0.244 e. The van der Waals surface area contributed by atoms with Crippen LogP contribution in [0.25, 0.3) is 0 Å². The highest BCUT2D eigenvalue weighted by molar-refractivity contribution is 5.91. The van der Waals surface area contributed by atoms with Crippen molar-refractivity contribution >= 4 is 12.2 Å². The number of hydrogen-bond donors (Lipinski definition) is 1. The van der Waals surface area contributed by atoms with Gasteiger partial charge in [-0.05, 0) is 19.3 Å². The van der Waals surface area contributed by atoms with E-state index in [0.717, 1.165) is 32.0 Å². The van der Waals surface area contributed by atoms with E-state index < -0.39 is 0 Å². The quantitative estimate of drug-likeness (QED) is 0.524. The Morgan fingerprint density at radius 2 is 1.88 bits per heavy atom. The lowest BCUT2D eigenvalue weighted by molar-refractivity contribution is -0.114. The van der Waals surface area contributed by atoms with E-state index in [9.17, 15) is 9.59 Å². The Kier molecular flexibility index (Phi) is 13.9. The fraction of sp³-hybridized carbons (Fsp3) is 0.714. The van der Waals surface area contributed by atoms with E-state index in [0.29, 0.717) is 11.5 Å². The number of nitrogens with two attached hydrogens (primary N) is 1. The predicted octanol–water partition coefficient (Wildman–Crippen LogP) is 3.23. The van der Waals surface area contributed by atoms with E-state index in [-0.39, 0.29) is 5.91 Å². The van der Waals surface area contributed by atoms with E-state index in [4.69, 9.17) is 5.73 Å². The molecular formula is C14H27NO2. The molecular weight excluding hydrogens is 214 g/mol. The second-order valence-electron chi connectivity index (χ2n) is 4.16. The van der Waals surface area contributed by atoms with Gasteiger partial charge in [0.1, 0.15) is 6.29 Å². The molecule has 0 saturated heterocycles. The molecule has 0 fully saturated rings. The Labute approximate surface area is 105 Å². The van der Waals surface area contributed by atoms with Crippen molar-refractivity contribution in [2.75, 3.05) is 0 Å². The van der Waals surface area contributed by atoms with Crippen LogP contribution in [0.3, 0.4) is 0 Å². The highest BCUT2D eigenvalue weighted by Gasteiger charge is 2.01. The van der Waals surface area contributed by atoms with Gasteiger partial charge in [-0.15, -0.1) is 0 Å². The summed E-state index contributed by atoms with van der Waals surface area (Å²) in [6.45, 7) is 9.66. The number of rotatable bonds is 8. The number of carbonyl (C=O) groups excluding carboxylic acids is 2. The van der Waals surface area contributed by atoms with Gasteiger partial charge in [0.15, 0.2) is 0 Å². The normalized spacial score (nSPS) is 11.0. The van der Waals surface area contributed by atoms with Crippen LogP contribution < -0.4 is 5.73 Å². The standard InChI is InChI=1S/C8H16O.C6H11NO/c1-3-5-6-8(4-2)7-9;1-3-4-5(2)6(7)8/h7-8H,3-6H2,1-2H3;2-4H2,1H3,(H2,7,8). The molecule has 100 valence electrons. The number of amides is 1. The van der Waals surface area contributed by atoms with Gasteiger partial charge in [-0.1, -0.05) is 46.6 Å². The van der Waals surface area contributed by atoms with Gasteiger partial charge in [-0.2, -0.15) is 0 Å². The molecule has 2 N–H and O–H groups in total. The fourth-order valence-corrected chi connectivity index (χ4v) is 1.26. The van der Waals surface area contributed by atoms with E-state index >= 15 is 0 Å². The molecule has 1 atom stereocenters. The molecule has 0 saturated carbocycles. The fourth-order valence-electron chi connectivity index (χ4n) is 1.26. The van der Waals surface area contributed by atoms with Crippen LogP contribution in [0.4, 0.5) is 0 Å². The minimum Gasteiger partial charge on any atom is -0.366 e. The number of aldehydes is 1. The molecule has 0 aromatic carbocycles. The van der Waals surface area contributed by atoms with Crippen LogP contribution in [-0.2, 0) is 9.59 Å². The number of carbonyl (C=O) groups is 2. The van der Waals surface area contributed by atoms with Crippen molar-refractivity contribution in [3.63, 3.8) is 0 Å². The third-order valence-corrected chi connectivity index (χ3v) is 2.55. The molecule has 0 aliphatic heterocycles. The summed E-state index contributed by atoms with van der Waals surface area (Å²) in [6, 6.07) is 0. The molecule has 0 aromatic heterocycles. The zero-order valence-corrected chi connectivity index (χ0v) is 11.5. The SMILES string of the molecule is C=C(CCC)C(N)=O.CCCCC(C=O)CC. The molecule has 0 heterocycles. The minimum absolute atomic E-state index is 0.324. The van der Waals surface area contributed by atoms with Gasteiger partial charge in [0.25, 0.3) is 0 Å². The summed E-state index contributed by atoms with van der Waals surface area (Å²) in [7, 11) is 0. The number of unbranched alkanes of at least 4 members (excludes halogenated alkanes) is 1. The van der Waals surface area contributed by atoms with Crippen molar-refractivity contribution in [3.8, 4) is 0 Å². The average molecular weight is 241 g/mol. The minimum atomic E-state index is -0.383. The van der Waals surface area contributed by atoms with Gasteiger partial charge < -0.3 is 10.5 Å². The molecule has 17 heavy (non-hydrogen) atoms. The van der Waals surface area contributed by atoms with Crippen LogP contribution in [0.1, 0.15) is 59.3 Å². The highest BCUT2D eigenvalue weighted by atomic mass is 16.1. The van der Waals surface area contributed by atoms with Crippen LogP contribution in [0, 0.1) is 5.92 Å². The number of hydrogen-bond acceptors (Lipinski definition) is 2. The van der Waals surface area contributed by atoms with Gasteiger partial charge in [-0.3, -0.25) is 4.79 Å². The molecule has 0 rings (SSSR count). The van der Waals surface area contributed by atoms with E-state index in [1.807, 2.05) is 6.92 Å². The van der Waals surface area contributed by atoms with Crippen molar-refractivity contribution in [1.29, 1.82) is 0 Å². The Morgan fingerprint density at radius 3 is 2.12 bits per heavy atom. The van der Waals surface area contributed by atoms with Gasteiger partial charge in [-0.25, -0.2) is 0 Å². The van der Waals surface area contributed by atoms with Crippen molar-refractivity contribution in [2.24, 2.45) is 11.7 Å². The number of primary amides is 1. The molecule has 0 bridgehead atoms. The van der Waals surface area contributed by atoms with Crippen LogP contribution in [0.15, 0.2) is 12.2 Å². The first-order valence-electron chi connectivity index (χ1n) is 6.46. The van der Waals surface area contributed by atoms with Crippen LogP contribution in [0.2, 0.25) is 0 Å². The zero-order valence-electron chi connectivity index (χ0n) is 11.5. The molecule has 0 radical (unpaired) electrons. The summed E-state index contributed by atoms with van der Waals surface area (Å²) in [5.41, 5.74) is 5.40. The molecule has 0 aliphatic rings. The summed E-state index contributed by atoms with van der Waals surface area (Å²) in [4.78, 5) is 20.5. The lowest BCUT2D eigenvalue weighted by atomic mass is 10.0. The van der Waals surface area contributed by atoms with E-state index in [1.54, 1.807) is 0 Å². The van der Waals surface area contributed by atoms with Gasteiger partial charge in [0.05, 0.1) is 0 Å². The second-order valence-corrected chi connectivity index (χ2v) is 4.16. The lowest BCUT2D eigenvalue weighted by Crippen LogP contribution is -2.12. The summed E-state index contributed by atoms with van der Waals surface area (Å²) < 4.78 is 0. The Balaban J connectivity index is 0. The predicted molar refractivity (Wildman–Crippen MR) is 72.6 cm³/mol. The van der Waals surface area contributed by atoms with Crippen LogP contribution in [-0.4, -0.2) is 12.2 Å². The topological polar surface area (TPSA) is 60.2 Å². The summed E-state index contributed by atoms with van der Waals surface area (Å²) in [6.07, 6.45) is 7.20. The maximum Gasteiger partial charge on any atom is 0.244 e. The first kappa shape index (κ1) is 18.3. The maximum atomic E-state index is 10.2. The van der Waals surface area contributed by atoms with E-state index in [1.165, 1.54) is 12.8 Å². The average Bonchev–Trinajstić information content (AvgIpc) is 2.31. The van der Waals surface area contributed by atoms with Crippen LogP contribution >= 0.6 is 0 Å². The highest BCUT2D eigenvalue weighted by Crippen LogP contribution is 2.08. The molecule has 3 heteroatoms. The van der Waals surface area contributed by atoms with Crippen molar-refractivity contribution in [3.05, 3.63) is 12.2 Å². The molecule has 1 amide bonds. The van der Waals surface area contributed by atoms with Crippen molar-refractivity contribution in [2.45, 2.75) is 59.3 Å². The first-order valence-corrected chi connectivity index (χ1v) is 6.46. The third kappa shape index (κ3) is 12.8. The van der Waals surface area contributed by atoms with Crippen LogP contribution in [0.5, 0.6) is 0 Å². The Morgan fingerprint density at radius 1 is 1.29 bits per heavy atom. The molecule has 0 aromatic rings. The molecule has 3 nitrogen and oxygen atoms in total.